The number of hydrogen-bond acceptors (Lipinski definition) is 3. The van der Waals surface area contributed by atoms with Gasteiger partial charge in [0.1, 0.15) is 17.7 Å². The van der Waals surface area contributed by atoms with Gasteiger partial charge in [0.05, 0.1) is 19.3 Å². The Morgan fingerprint density at radius 2 is 1.86 bits per heavy atom. The van der Waals surface area contributed by atoms with Crippen molar-refractivity contribution in [3.8, 4) is 0 Å². The number of ether oxygens (including phenoxy) is 2. The van der Waals surface area contributed by atoms with E-state index >= 15 is 0 Å². The second-order valence-electron chi connectivity index (χ2n) is 5.83. The van der Waals surface area contributed by atoms with Crippen LogP contribution in [0.25, 0.3) is 0 Å². The van der Waals surface area contributed by atoms with Crippen LogP contribution in [0.15, 0.2) is 47.6 Å². The third-order valence-electron chi connectivity index (χ3n) is 4.22. The van der Waals surface area contributed by atoms with Crippen LogP contribution in [0.1, 0.15) is 25.7 Å². The quantitative estimate of drug-likeness (QED) is 0.502. The van der Waals surface area contributed by atoms with Crippen molar-refractivity contribution < 1.29 is 14.8 Å². The average Bonchev–Trinajstić information content (AvgIpc) is 2.99. The van der Waals surface area contributed by atoms with Gasteiger partial charge in [-0.3, -0.25) is 10.3 Å². The Labute approximate surface area is 131 Å². The van der Waals surface area contributed by atoms with Crippen LogP contribution in [0.2, 0.25) is 0 Å². The molecule has 0 unspecified atom stereocenters. The Morgan fingerprint density at radius 1 is 1.18 bits per heavy atom. The highest BCUT2D eigenvalue weighted by molar-refractivity contribution is 5.91. The van der Waals surface area contributed by atoms with Crippen LogP contribution in [-0.2, 0) is 9.47 Å². The van der Waals surface area contributed by atoms with Crippen molar-refractivity contribution in [3.63, 3.8) is 0 Å². The molecule has 5 heteroatoms. The van der Waals surface area contributed by atoms with Gasteiger partial charge in [-0.05, 0) is 25.0 Å². The zero-order valence-corrected chi connectivity index (χ0v) is 12.8. The number of benzene rings is 1. The van der Waals surface area contributed by atoms with Gasteiger partial charge >= 0.3 is 0 Å². The van der Waals surface area contributed by atoms with Gasteiger partial charge < -0.3 is 15.2 Å². The van der Waals surface area contributed by atoms with E-state index < -0.39 is 0 Å². The van der Waals surface area contributed by atoms with Gasteiger partial charge in [-0.25, -0.2) is 0 Å². The van der Waals surface area contributed by atoms with Crippen molar-refractivity contribution in [2.24, 2.45) is 10.7 Å². The summed E-state index contributed by atoms with van der Waals surface area (Å²) in [4.78, 5) is 4.60. The van der Waals surface area contributed by atoms with Crippen LogP contribution in [0.3, 0.4) is 0 Å². The van der Waals surface area contributed by atoms with Crippen molar-refractivity contribution in [2.75, 3.05) is 13.2 Å². The van der Waals surface area contributed by atoms with Crippen molar-refractivity contribution in [3.05, 3.63) is 42.6 Å². The number of rotatable bonds is 4. The summed E-state index contributed by atoms with van der Waals surface area (Å²) in [7, 11) is 0. The molecule has 1 saturated carbocycles. The molecular weight excluding hydrogens is 278 g/mol. The molecule has 4 N–H and O–H groups in total. The molecule has 22 heavy (non-hydrogen) atoms. The molecule has 1 aliphatic heterocycles. The Hall–Kier alpha value is -1.69. The van der Waals surface area contributed by atoms with E-state index in [1.54, 1.807) is 0 Å². The maximum Gasteiger partial charge on any atom is 0.168 e. The first kappa shape index (κ1) is 15.2. The Balaban J connectivity index is 1.48. The molecule has 1 aliphatic carbocycles. The fraction of sp³-hybridized carbons (Fsp3) is 0.471. The zero-order valence-electron chi connectivity index (χ0n) is 12.8. The van der Waals surface area contributed by atoms with E-state index in [0.717, 1.165) is 31.4 Å². The molecule has 1 aromatic rings. The van der Waals surface area contributed by atoms with E-state index in [0.29, 0.717) is 19.0 Å². The minimum absolute atomic E-state index is 0.278. The summed E-state index contributed by atoms with van der Waals surface area (Å²) in [5, 5.41) is 2.03. The topological polar surface area (TPSA) is 73.5 Å². The van der Waals surface area contributed by atoms with E-state index in [-0.39, 0.29) is 11.8 Å². The van der Waals surface area contributed by atoms with Gasteiger partial charge in [-0.15, -0.1) is 0 Å². The fourth-order valence-corrected chi connectivity index (χ4v) is 3.03. The van der Waals surface area contributed by atoms with Gasteiger partial charge in [0.15, 0.2) is 5.79 Å². The summed E-state index contributed by atoms with van der Waals surface area (Å²) in [6.07, 6.45) is 7.57. The third-order valence-corrected chi connectivity index (χ3v) is 4.22. The monoisotopic (exact) mass is 302 g/mol. The number of para-hydroxylation sites is 1. The summed E-state index contributed by atoms with van der Waals surface area (Å²) in [6.45, 7) is 1.43. The molecule has 0 amide bonds. The summed E-state index contributed by atoms with van der Waals surface area (Å²) in [5.41, 5.74) is 7.15. The molecule has 3 rings (SSSR count). The van der Waals surface area contributed by atoms with Crippen molar-refractivity contribution >= 4 is 11.5 Å². The molecule has 0 atom stereocenters. The maximum atomic E-state index is 5.99. The standard InChI is InChI=1S/C17H23N3O2/c18-16(8-11-19-14-4-2-1-3-5-14)20-15-6-9-17(10-7-15)21-12-13-22-17/h1-5,8,11,15,19H,6-7,9-10,12-13H2,(H2,18,20)/p+1/b11-8-. The van der Waals surface area contributed by atoms with E-state index in [1.807, 2.05) is 35.8 Å². The van der Waals surface area contributed by atoms with Crippen LogP contribution >= 0.6 is 0 Å². The average molecular weight is 302 g/mol. The van der Waals surface area contributed by atoms with E-state index in [1.165, 1.54) is 0 Å². The second-order valence-corrected chi connectivity index (χ2v) is 5.83. The first-order chi connectivity index (χ1) is 10.8. The molecule has 1 heterocycles. The van der Waals surface area contributed by atoms with Gasteiger partial charge in [0.2, 0.25) is 0 Å². The van der Waals surface area contributed by atoms with Crippen LogP contribution in [0, 0.1) is 0 Å². The van der Waals surface area contributed by atoms with E-state index in [4.69, 9.17) is 15.2 Å². The van der Waals surface area contributed by atoms with Crippen LogP contribution in [-0.4, -0.2) is 30.9 Å². The molecular formula is C17H24N3O2+. The predicted octanol–water partition coefficient (Wildman–Crippen LogP) is 1.44. The maximum absolute atomic E-state index is 5.99. The Kier molecular flexibility index (Phi) is 4.87. The lowest BCUT2D eigenvalue weighted by Gasteiger charge is -2.33. The molecule has 1 spiro atoms. The normalized spacial score (nSPS) is 22.6. The van der Waals surface area contributed by atoms with Gasteiger partial charge in [-0.1, -0.05) is 18.2 Å². The van der Waals surface area contributed by atoms with E-state index in [9.17, 15) is 0 Å². The summed E-state index contributed by atoms with van der Waals surface area (Å²) < 4.78 is 11.5. The molecule has 0 bridgehead atoms. The summed E-state index contributed by atoms with van der Waals surface area (Å²) >= 11 is 0. The number of quaternary nitrogens is 1. The zero-order chi connectivity index (χ0) is 15.3. The van der Waals surface area contributed by atoms with Gasteiger partial charge in [0.25, 0.3) is 0 Å². The molecule has 1 aromatic carbocycles. The Bertz CT molecular complexity index is 526. The highest BCUT2D eigenvalue weighted by atomic mass is 16.7. The SMILES string of the molecule is NC(/C=C\[NH2+]c1ccccc1)=NC1CCC2(CC1)OCCO2. The van der Waals surface area contributed by atoms with Gasteiger partial charge in [-0.2, -0.15) is 0 Å². The molecule has 2 fully saturated rings. The number of aliphatic imine (C=N–C) groups is 1. The first-order valence-electron chi connectivity index (χ1n) is 7.93. The highest BCUT2D eigenvalue weighted by Gasteiger charge is 2.40. The smallest absolute Gasteiger partial charge is 0.168 e. The van der Waals surface area contributed by atoms with Crippen molar-refractivity contribution in [1.82, 2.24) is 0 Å². The number of amidine groups is 1. The van der Waals surface area contributed by atoms with Crippen LogP contribution < -0.4 is 11.1 Å². The van der Waals surface area contributed by atoms with Gasteiger partial charge in [0, 0.05) is 18.9 Å². The van der Waals surface area contributed by atoms with Crippen molar-refractivity contribution in [2.45, 2.75) is 37.5 Å². The number of nitrogens with two attached hydrogens (primary N) is 2. The Morgan fingerprint density at radius 3 is 2.55 bits per heavy atom. The number of nitrogens with zero attached hydrogens (tertiary/aromatic N) is 1. The summed E-state index contributed by atoms with van der Waals surface area (Å²) in [5.74, 6) is 0.263. The molecule has 118 valence electrons. The third kappa shape index (κ3) is 3.94. The number of hydrogen-bond donors (Lipinski definition) is 2. The summed E-state index contributed by atoms with van der Waals surface area (Å²) in [6, 6.07) is 10.4. The fourth-order valence-electron chi connectivity index (χ4n) is 3.03. The van der Waals surface area contributed by atoms with Crippen LogP contribution in [0.4, 0.5) is 5.69 Å². The molecule has 0 radical (unpaired) electrons. The lowest BCUT2D eigenvalue weighted by molar-refractivity contribution is -0.496. The van der Waals surface area contributed by atoms with E-state index in [2.05, 4.69) is 17.1 Å². The largest absolute Gasteiger partial charge is 0.384 e. The molecule has 2 aliphatic rings. The minimum atomic E-state index is -0.322. The molecule has 0 aromatic heterocycles. The minimum Gasteiger partial charge on any atom is -0.384 e. The predicted molar refractivity (Wildman–Crippen MR) is 85.7 cm³/mol. The van der Waals surface area contributed by atoms with Crippen LogP contribution in [0.5, 0.6) is 0 Å². The lowest BCUT2D eigenvalue weighted by atomic mass is 9.90. The molecule has 1 saturated heterocycles. The first-order valence-corrected chi connectivity index (χ1v) is 7.93. The lowest BCUT2D eigenvalue weighted by Crippen LogP contribution is -2.71. The highest BCUT2D eigenvalue weighted by Crippen LogP contribution is 2.36. The van der Waals surface area contributed by atoms with Crippen molar-refractivity contribution in [1.29, 1.82) is 0 Å². The second kappa shape index (κ2) is 7.05. The molecule has 5 nitrogen and oxygen atoms in total.